The van der Waals surface area contributed by atoms with Crippen molar-refractivity contribution in [3.63, 3.8) is 0 Å². The summed E-state index contributed by atoms with van der Waals surface area (Å²) in [4.78, 5) is 45.3. The summed E-state index contributed by atoms with van der Waals surface area (Å²) in [5.74, 6) is 0.0605. The number of amides is 1. The Labute approximate surface area is 257 Å². The number of fused-ring (bicyclic) bond motifs is 7. The van der Waals surface area contributed by atoms with Crippen molar-refractivity contribution in [3.8, 4) is 0 Å². The molecular weight excluding hydrogens is 532 g/mol. The van der Waals surface area contributed by atoms with Gasteiger partial charge in [0.2, 0.25) is 11.6 Å². The van der Waals surface area contributed by atoms with E-state index in [1.54, 1.807) is 0 Å². The number of carbonyl (C=O) groups is 3. The molecule has 0 spiro atoms. The SMILES string of the molecule is [C-]#[N+]C1=C[C@]2(C)C3=CC(=O)[C@@H]4[C@@H]5CC(C)(C)CC[C@]5(NC(=O)Cc5ccccc5)CC[C@@]4(C)[C@]3(C)CC[C@H]2C(C)(C)C1=O. The molecule has 1 aromatic carbocycles. The van der Waals surface area contributed by atoms with Crippen molar-refractivity contribution >= 4 is 17.5 Å². The molecule has 0 saturated heterocycles. The van der Waals surface area contributed by atoms with E-state index >= 15 is 0 Å². The lowest BCUT2D eigenvalue weighted by atomic mass is 9.35. The van der Waals surface area contributed by atoms with Crippen molar-refractivity contribution in [1.29, 1.82) is 0 Å². The number of hydrogen-bond donors (Lipinski definition) is 1. The number of nitrogens with one attached hydrogen (secondary N) is 1. The maximum Gasteiger partial charge on any atom is 0.226 e. The van der Waals surface area contributed by atoms with Crippen LogP contribution in [-0.4, -0.2) is 23.0 Å². The zero-order valence-electron chi connectivity index (χ0n) is 27.1. The van der Waals surface area contributed by atoms with Crippen LogP contribution in [0.15, 0.2) is 53.8 Å². The number of allylic oxidation sites excluding steroid dienone is 4. The minimum Gasteiger partial charge on any atom is -0.350 e. The quantitative estimate of drug-likeness (QED) is 0.373. The molecule has 43 heavy (non-hydrogen) atoms. The predicted molar refractivity (Wildman–Crippen MR) is 168 cm³/mol. The maximum atomic E-state index is 14.7. The largest absolute Gasteiger partial charge is 0.350 e. The second-order valence-corrected chi connectivity index (χ2v) is 16.6. The van der Waals surface area contributed by atoms with Gasteiger partial charge in [-0.15, -0.1) is 0 Å². The molecule has 0 radical (unpaired) electrons. The van der Waals surface area contributed by atoms with Gasteiger partial charge in [0.15, 0.2) is 11.6 Å². The van der Waals surface area contributed by atoms with Crippen molar-refractivity contribution in [3.05, 3.63) is 70.7 Å². The molecule has 228 valence electrons. The summed E-state index contributed by atoms with van der Waals surface area (Å²) in [6.07, 6.45) is 10.6. The molecule has 0 bridgehead atoms. The Hall–Kier alpha value is -3.00. The van der Waals surface area contributed by atoms with Crippen LogP contribution in [0.25, 0.3) is 4.85 Å². The Kier molecular flexibility index (Phi) is 6.64. The van der Waals surface area contributed by atoms with Gasteiger partial charge in [0.05, 0.1) is 13.0 Å². The van der Waals surface area contributed by atoms with Gasteiger partial charge >= 0.3 is 0 Å². The topological polar surface area (TPSA) is 67.6 Å². The van der Waals surface area contributed by atoms with Crippen LogP contribution in [0.3, 0.4) is 0 Å². The third-order valence-corrected chi connectivity index (χ3v) is 13.4. The molecule has 7 atom stereocenters. The first-order chi connectivity index (χ1) is 20.0. The third-order valence-electron chi connectivity index (χ3n) is 13.4. The highest BCUT2D eigenvalue weighted by Crippen LogP contribution is 2.73. The molecule has 1 N–H and O–H groups in total. The van der Waals surface area contributed by atoms with E-state index in [0.29, 0.717) is 6.42 Å². The lowest BCUT2D eigenvalue weighted by Gasteiger charge is -2.69. The minimum atomic E-state index is -0.662. The zero-order chi connectivity index (χ0) is 31.2. The van der Waals surface area contributed by atoms with E-state index in [1.165, 1.54) is 0 Å². The average molecular weight is 581 g/mol. The van der Waals surface area contributed by atoms with Crippen molar-refractivity contribution < 1.29 is 14.4 Å². The number of Topliss-reactive ketones (excluding diaryl/α,β-unsaturated/α-hetero) is 1. The molecule has 6 rings (SSSR count). The van der Waals surface area contributed by atoms with Crippen LogP contribution < -0.4 is 5.32 Å². The summed E-state index contributed by atoms with van der Waals surface area (Å²) in [6.45, 7) is 23.3. The number of nitrogens with zero attached hydrogens (tertiary/aromatic N) is 1. The highest BCUT2D eigenvalue weighted by Gasteiger charge is 2.69. The highest BCUT2D eigenvalue weighted by atomic mass is 16.2. The molecule has 1 aromatic rings. The molecule has 0 unspecified atom stereocenters. The summed E-state index contributed by atoms with van der Waals surface area (Å²) in [5.41, 5.74) is 0.313. The van der Waals surface area contributed by atoms with Crippen LogP contribution in [0.1, 0.15) is 99.0 Å². The summed E-state index contributed by atoms with van der Waals surface area (Å²) in [7, 11) is 0. The van der Waals surface area contributed by atoms with Gasteiger partial charge < -0.3 is 10.1 Å². The number of carbonyl (C=O) groups excluding carboxylic acids is 3. The number of ketones is 2. The Morgan fingerprint density at radius 2 is 1.63 bits per heavy atom. The molecule has 5 nitrogen and oxygen atoms in total. The van der Waals surface area contributed by atoms with Gasteiger partial charge in [0.1, 0.15) is 0 Å². The number of hydrogen-bond acceptors (Lipinski definition) is 3. The molecule has 5 heteroatoms. The summed E-state index contributed by atoms with van der Waals surface area (Å²) >= 11 is 0. The van der Waals surface area contributed by atoms with Crippen LogP contribution in [0.2, 0.25) is 0 Å². The Morgan fingerprint density at radius 1 is 0.953 bits per heavy atom. The fraction of sp³-hybridized carbons (Fsp3) is 0.632. The number of benzene rings is 1. The van der Waals surface area contributed by atoms with E-state index in [1.807, 2.05) is 56.3 Å². The predicted octanol–water partition coefficient (Wildman–Crippen LogP) is 7.67. The van der Waals surface area contributed by atoms with E-state index in [4.69, 9.17) is 6.57 Å². The smallest absolute Gasteiger partial charge is 0.226 e. The summed E-state index contributed by atoms with van der Waals surface area (Å²) in [6, 6.07) is 9.91. The van der Waals surface area contributed by atoms with Crippen LogP contribution >= 0.6 is 0 Å². The number of rotatable bonds is 3. The summed E-state index contributed by atoms with van der Waals surface area (Å²) < 4.78 is 0. The zero-order valence-corrected chi connectivity index (χ0v) is 27.1. The highest BCUT2D eigenvalue weighted by molar-refractivity contribution is 6.03. The Morgan fingerprint density at radius 3 is 2.30 bits per heavy atom. The van der Waals surface area contributed by atoms with Crippen molar-refractivity contribution in [2.24, 2.45) is 44.8 Å². The molecule has 0 aliphatic heterocycles. The normalized spacial score (nSPS) is 40.8. The molecule has 5 aliphatic rings. The monoisotopic (exact) mass is 580 g/mol. The molecule has 0 aromatic heterocycles. The van der Waals surface area contributed by atoms with Crippen LogP contribution in [0, 0.1) is 51.4 Å². The second kappa shape index (κ2) is 9.50. The summed E-state index contributed by atoms with van der Waals surface area (Å²) in [5, 5.41) is 3.57. The van der Waals surface area contributed by atoms with Gasteiger partial charge in [0.25, 0.3) is 0 Å². The van der Waals surface area contributed by atoms with Gasteiger partial charge in [-0.2, -0.15) is 0 Å². The average Bonchev–Trinajstić information content (AvgIpc) is 2.93. The van der Waals surface area contributed by atoms with E-state index < -0.39 is 10.8 Å². The third kappa shape index (κ3) is 4.18. The van der Waals surface area contributed by atoms with Gasteiger partial charge in [-0.1, -0.05) is 90.4 Å². The maximum absolute atomic E-state index is 14.7. The fourth-order valence-corrected chi connectivity index (χ4v) is 10.9. The first kappa shape index (κ1) is 30.0. The van der Waals surface area contributed by atoms with Crippen LogP contribution in [0.4, 0.5) is 0 Å². The Balaban J connectivity index is 1.43. The molecule has 1 amide bonds. The molecular formula is C38H48N2O3. The van der Waals surface area contributed by atoms with Crippen molar-refractivity contribution in [2.45, 2.75) is 105 Å². The van der Waals surface area contributed by atoms with Gasteiger partial charge in [-0.3, -0.25) is 9.59 Å². The van der Waals surface area contributed by atoms with Crippen molar-refractivity contribution in [2.75, 3.05) is 0 Å². The molecule has 0 heterocycles. The van der Waals surface area contributed by atoms with Crippen LogP contribution in [0.5, 0.6) is 0 Å². The second-order valence-electron chi connectivity index (χ2n) is 16.6. The van der Waals surface area contributed by atoms with Gasteiger partial charge in [-0.05, 0) is 84.7 Å². The Bertz CT molecular complexity index is 1490. The van der Waals surface area contributed by atoms with E-state index in [-0.39, 0.29) is 62.7 Å². The van der Waals surface area contributed by atoms with Crippen LogP contribution in [-0.2, 0) is 20.8 Å². The minimum absolute atomic E-state index is 0.0406. The van der Waals surface area contributed by atoms with E-state index in [0.717, 1.165) is 56.1 Å². The van der Waals surface area contributed by atoms with Gasteiger partial charge in [-0.25, -0.2) is 4.85 Å². The first-order valence-corrected chi connectivity index (χ1v) is 16.3. The fourth-order valence-electron chi connectivity index (χ4n) is 10.9. The standard InChI is InChI=1S/C38H48N2O3/c1-33(2)16-18-38(40-30(42)20-24-12-10-9-11-13-24)19-17-37(7)31(25(38)22-33)27(41)21-29-35(5)23-26(39-8)32(43)34(3,4)28(35)14-15-36(29,37)6/h9-13,21,23,25,28,31H,14-20,22H2,1-7H3,(H,40,42)/t25-,28-,31-,35-,36+,37+,38-/m0/s1. The van der Waals surface area contributed by atoms with Crippen molar-refractivity contribution in [1.82, 2.24) is 5.32 Å². The van der Waals surface area contributed by atoms with Gasteiger partial charge in [0, 0.05) is 22.3 Å². The van der Waals surface area contributed by atoms with E-state index in [9.17, 15) is 14.4 Å². The lowest BCUT2D eigenvalue weighted by molar-refractivity contribution is -0.164. The van der Waals surface area contributed by atoms with E-state index in [2.05, 4.69) is 44.8 Å². The first-order valence-electron chi connectivity index (χ1n) is 16.3. The molecule has 5 aliphatic carbocycles. The lowest BCUT2D eigenvalue weighted by Crippen LogP contribution is -2.69. The molecule has 3 saturated carbocycles. The molecule has 3 fully saturated rings.